The average molecular weight is 392 g/mol. The van der Waals surface area contributed by atoms with E-state index in [0.717, 1.165) is 7.11 Å². The molecule has 0 saturated carbocycles. The highest BCUT2D eigenvalue weighted by molar-refractivity contribution is 5.88. The first kappa shape index (κ1) is 34.9. The van der Waals surface area contributed by atoms with Gasteiger partial charge in [0.05, 0.1) is 13.2 Å². The minimum absolute atomic E-state index is 0.250. The molecule has 0 aromatic carbocycles. The van der Waals surface area contributed by atoms with Gasteiger partial charge in [0.25, 0.3) is 6.47 Å². The van der Waals surface area contributed by atoms with Crippen LogP contribution in [0.4, 0.5) is 0 Å². The van der Waals surface area contributed by atoms with E-state index in [2.05, 4.69) is 0 Å². The average Bonchev–Trinajstić information content (AvgIpc) is 2.56. The summed E-state index contributed by atoms with van der Waals surface area (Å²) in [4.78, 5) is 37.1. The minimum atomic E-state index is -1.31. The molecule has 0 spiro atoms. The standard InChI is InChI=1S/C5H10O3.C3H4O4.C3H8O3.CH2O2.CH4O/c1-2-3-4(6)5(7)8;4-2(5)1-3(6)7;4-1-3(6)2-5;2-1-3;1-2/h4,6H,2-3H2,1H3,(H,7,8);1H2,(H,4,5)(H,6,7);3-6H,1-2H2;1H,(H,2,3);2H,1H3. The van der Waals surface area contributed by atoms with Crippen molar-refractivity contribution in [2.75, 3.05) is 20.3 Å². The summed E-state index contributed by atoms with van der Waals surface area (Å²) in [6.45, 7) is 0.846. The normalized spacial score (nSPS) is 9.23. The van der Waals surface area contributed by atoms with Crippen LogP contribution in [0, 0.1) is 0 Å². The van der Waals surface area contributed by atoms with Crippen molar-refractivity contribution in [1.29, 1.82) is 0 Å². The molecule has 0 heterocycles. The summed E-state index contributed by atoms with van der Waals surface area (Å²) in [5.74, 6) is -3.76. The highest BCUT2D eigenvalue weighted by atomic mass is 16.4. The van der Waals surface area contributed by atoms with Gasteiger partial charge in [-0.05, 0) is 6.42 Å². The molecule has 0 aromatic rings. The zero-order valence-corrected chi connectivity index (χ0v) is 14.4. The summed E-state index contributed by atoms with van der Waals surface area (Å²) in [6.07, 6.45) is -1.88. The third-order valence-corrected chi connectivity index (χ3v) is 1.57. The number of aliphatic hydroxyl groups is 5. The Labute approximate surface area is 149 Å². The van der Waals surface area contributed by atoms with Crippen LogP contribution in [0.1, 0.15) is 26.2 Å². The van der Waals surface area contributed by atoms with Crippen molar-refractivity contribution in [3.05, 3.63) is 0 Å². The first-order chi connectivity index (χ1) is 12.0. The van der Waals surface area contributed by atoms with Gasteiger partial charge in [-0.2, -0.15) is 0 Å². The molecule has 1 atom stereocenters. The van der Waals surface area contributed by atoms with Crippen LogP contribution in [0.3, 0.4) is 0 Å². The summed E-state index contributed by atoms with van der Waals surface area (Å²) in [5, 5.41) is 69.9. The van der Waals surface area contributed by atoms with Gasteiger partial charge in [-0.3, -0.25) is 14.4 Å². The molecule has 0 aromatic heterocycles. The lowest BCUT2D eigenvalue weighted by Crippen LogP contribution is -2.18. The van der Waals surface area contributed by atoms with Crippen molar-refractivity contribution in [3.8, 4) is 0 Å². The molecule has 0 radical (unpaired) electrons. The number of hydrogen-bond acceptors (Lipinski definition) is 9. The van der Waals surface area contributed by atoms with Crippen molar-refractivity contribution in [1.82, 2.24) is 0 Å². The zero-order chi connectivity index (χ0) is 22.1. The summed E-state index contributed by atoms with van der Waals surface area (Å²) in [5.41, 5.74) is 0. The van der Waals surface area contributed by atoms with E-state index in [1.54, 1.807) is 0 Å². The predicted octanol–water partition coefficient (Wildman–Crippen LogP) is -2.58. The molecule has 0 rings (SSSR count). The molecule has 26 heavy (non-hydrogen) atoms. The van der Waals surface area contributed by atoms with Crippen LogP contribution in [0.15, 0.2) is 0 Å². The van der Waals surface area contributed by atoms with E-state index >= 15 is 0 Å². The SMILES string of the molecule is CCCC(O)C(=O)O.CO.O=C(O)CC(=O)O.O=CO.OCC(O)CO. The third-order valence-electron chi connectivity index (χ3n) is 1.57. The number of carbonyl (C=O) groups is 4. The Kier molecular flexibility index (Phi) is 41.0. The second kappa shape index (κ2) is 30.5. The molecule has 0 aliphatic rings. The first-order valence-corrected chi connectivity index (χ1v) is 6.80. The monoisotopic (exact) mass is 392 g/mol. The fraction of sp³-hybridized carbons (Fsp3) is 0.692. The number of carboxylic acid groups (broad SMARTS) is 4. The van der Waals surface area contributed by atoms with Gasteiger partial charge in [0.15, 0.2) is 6.10 Å². The molecule has 0 aliphatic heterocycles. The molecule has 9 N–H and O–H groups in total. The lowest BCUT2D eigenvalue weighted by atomic mass is 10.2. The van der Waals surface area contributed by atoms with E-state index in [1.807, 2.05) is 6.92 Å². The molecule has 0 saturated heterocycles. The van der Waals surface area contributed by atoms with Gasteiger partial charge in [0.2, 0.25) is 0 Å². The summed E-state index contributed by atoms with van der Waals surface area (Å²) in [6, 6.07) is 0. The van der Waals surface area contributed by atoms with Crippen molar-refractivity contribution in [2.24, 2.45) is 0 Å². The summed E-state index contributed by atoms with van der Waals surface area (Å²) >= 11 is 0. The molecule has 0 amide bonds. The topological polar surface area (TPSA) is 250 Å². The minimum Gasteiger partial charge on any atom is -0.483 e. The summed E-state index contributed by atoms with van der Waals surface area (Å²) < 4.78 is 0. The lowest BCUT2D eigenvalue weighted by Gasteiger charge is -1.99. The number of carboxylic acids is 3. The van der Waals surface area contributed by atoms with Crippen molar-refractivity contribution in [3.63, 3.8) is 0 Å². The smallest absolute Gasteiger partial charge is 0.332 e. The number of aliphatic hydroxyl groups excluding tert-OH is 5. The van der Waals surface area contributed by atoms with E-state index in [0.29, 0.717) is 12.8 Å². The summed E-state index contributed by atoms with van der Waals surface area (Å²) in [7, 11) is 1.00. The van der Waals surface area contributed by atoms with Gasteiger partial charge in [0.1, 0.15) is 12.5 Å². The molecule has 158 valence electrons. The van der Waals surface area contributed by atoms with Crippen LogP contribution < -0.4 is 0 Å². The van der Waals surface area contributed by atoms with Gasteiger partial charge in [-0.15, -0.1) is 0 Å². The number of rotatable bonds is 7. The highest BCUT2D eigenvalue weighted by Gasteiger charge is 2.09. The Balaban J connectivity index is -0.0000000758. The molecule has 0 fully saturated rings. The second-order valence-electron chi connectivity index (χ2n) is 3.73. The van der Waals surface area contributed by atoms with Crippen LogP contribution >= 0.6 is 0 Å². The molecular formula is C13H28O13. The quantitative estimate of drug-likeness (QED) is 0.159. The lowest BCUT2D eigenvalue weighted by molar-refractivity contribution is -0.148. The Hall–Kier alpha value is -2.32. The zero-order valence-electron chi connectivity index (χ0n) is 14.4. The first-order valence-electron chi connectivity index (χ1n) is 6.80. The maximum absolute atomic E-state index is 9.84. The molecule has 0 bridgehead atoms. The Morgan fingerprint density at radius 1 is 0.923 bits per heavy atom. The Morgan fingerprint density at radius 3 is 1.27 bits per heavy atom. The van der Waals surface area contributed by atoms with E-state index < -0.39 is 36.5 Å². The Morgan fingerprint density at radius 2 is 1.23 bits per heavy atom. The third kappa shape index (κ3) is 57.7. The van der Waals surface area contributed by atoms with Gasteiger partial charge in [-0.25, -0.2) is 4.79 Å². The molecular weight excluding hydrogens is 364 g/mol. The van der Waals surface area contributed by atoms with Crippen LogP contribution in [-0.2, 0) is 19.2 Å². The maximum Gasteiger partial charge on any atom is 0.332 e. The molecule has 13 nitrogen and oxygen atoms in total. The molecule has 13 heteroatoms. The second-order valence-corrected chi connectivity index (χ2v) is 3.73. The fourth-order valence-electron chi connectivity index (χ4n) is 0.584. The van der Waals surface area contributed by atoms with Crippen LogP contribution in [0.2, 0.25) is 0 Å². The Bertz CT molecular complexity index is 316. The number of aliphatic carboxylic acids is 3. The van der Waals surface area contributed by atoms with E-state index in [1.165, 1.54) is 0 Å². The van der Waals surface area contributed by atoms with Crippen molar-refractivity contribution < 1.29 is 65.1 Å². The fourth-order valence-corrected chi connectivity index (χ4v) is 0.584. The van der Waals surface area contributed by atoms with Gasteiger partial charge >= 0.3 is 17.9 Å². The molecule has 1 unspecified atom stereocenters. The van der Waals surface area contributed by atoms with Gasteiger partial charge in [0, 0.05) is 7.11 Å². The van der Waals surface area contributed by atoms with Crippen LogP contribution in [0.25, 0.3) is 0 Å². The van der Waals surface area contributed by atoms with E-state index in [9.17, 15) is 14.4 Å². The van der Waals surface area contributed by atoms with E-state index in [4.69, 9.17) is 50.8 Å². The van der Waals surface area contributed by atoms with Gasteiger partial charge < -0.3 is 46.0 Å². The maximum atomic E-state index is 9.84. The van der Waals surface area contributed by atoms with E-state index in [-0.39, 0.29) is 19.7 Å². The predicted molar refractivity (Wildman–Crippen MR) is 85.5 cm³/mol. The van der Waals surface area contributed by atoms with Crippen molar-refractivity contribution >= 4 is 24.4 Å². The van der Waals surface area contributed by atoms with Crippen LogP contribution in [-0.4, -0.2) is 103 Å². The molecule has 0 aliphatic carbocycles. The number of hydrogen-bond donors (Lipinski definition) is 9. The van der Waals surface area contributed by atoms with Gasteiger partial charge in [-0.1, -0.05) is 13.3 Å². The van der Waals surface area contributed by atoms with Crippen LogP contribution in [0.5, 0.6) is 0 Å². The largest absolute Gasteiger partial charge is 0.483 e. The van der Waals surface area contributed by atoms with Crippen molar-refractivity contribution in [2.45, 2.75) is 38.4 Å². The highest BCUT2D eigenvalue weighted by Crippen LogP contribution is 1.94.